The monoisotopic (exact) mass is 251 g/mol. The number of benzene rings is 1. The van der Waals surface area contributed by atoms with Gasteiger partial charge in [-0.1, -0.05) is 19.1 Å². The van der Waals surface area contributed by atoms with Gasteiger partial charge in [-0.3, -0.25) is 9.59 Å². The zero-order valence-electron chi connectivity index (χ0n) is 9.71. The zero-order chi connectivity index (χ0) is 13.7. The molecular formula is C12H13NO5. The van der Waals surface area contributed by atoms with Crippen molar-refractivity contribution in [1.29, 1.82) is 0 Å². The Morgan fingerprint density at radius 1 is 1.17 bits per heavy atom. The van der Waals surface area contributed by atoms with E-state index < -0.39 is 23.8 Å². The maximum absolute atomic E-state index is 11.7. The molecule has 3 N–H and O–H groups in total. The molecule has 1 rings (SSSR count). The molecule has 0 aliphatic heterocycles. The van der Waals surface area contributed by atoms with E-state index >= 15 is 0 Å². The SMILES string of the molecule is CC(CNC(=O)c1ccccc1C(=O)O)C(=O)O. The molecule has 1 aromatic rings. The minimum absolute atomic E-state index is 0.0163. The topological polar surface area (TPSA) is 104 Å². The van der Waals surface area contributed by atoms with Gasteiger partial charge in [-0.15, -0.1) is 0 Å². The van der Waals surface area contributed by atoms with E-state index in [2.05, 4.69) is 5.32 Å². The number of nitrogens with one attached hydrogen (secondary N) is 1. The van der Waals surface area contributed by atoms with Crippen molar-refractivity contribution in [1.82, 2.24) is 5.32 Å². The highest BCUT2D eigenvalue weighted by atomic mass is 16.4. The number of carbonyl (C=O) groups excluding carboxylic acids is 1. The van der Waals surface area contributed by atoms with E-state index in [1.54, 1.807) is 6.07 Å². The maximum Gasteiger partial charge on any atom is 0.336 e. The predicted molar refractivity (Wildman–Crippen MR) is 62.5 cm³/mol. The smallest absolute Gasteiger partial charge is 0.336 e. The standard InChI is InChI=1S/C12H13NO5/c1-7(11(15)16)6-13-10(14)8-4-2-3-5-9(8)12(17)18/h2-5,7H,6H2,1H3,(H,13,14)(H,15,16)(H,17,18). The highest BCUT2D eigenvalue weighted by Gasteiger charge is 2.17. The minimum atomic E-state index is -1.20. The Labute approximate surface area is 103 Å². The second-order valence-corrected chi connectivity index (χ2v) is 3.80. The van der Waals surface area contributed by atoms with Gasteiger partial charge in [0.1, 0.15) is 0 Å². The number of carboxylic acids is 2. The summed E-state index contributed by atoms with van der Waals surface area (Å²) in [5.74, 6) is -3.55. The van der Waals surface area contributed by atoms with Crippen LogP contribution in [0.25, 0.3) is 0 Å². The van der Waals surface area contributed by atoms with Gasteiger partial charge in [0.05, 0.1) is 17.0 Å². The van der Waals surface area contributed by atoms with Crippen molar-refractivity contribution in [3.63, 3.8) is 0 Å². The summed E-state index contributed by atoms with van der Waals surface area (Å²) in [6.45, 7) is 1.40. The summed E-state index contributed by atoms with van der Waals surface area (Å²) < 4.78 is 0. The van der Waals surface area contributed by atoms with Gasteiger partial charge in [-0.05, 0) is 12.1 Å². The second-order valence-electron chi connectivity index (χ2n) is 3.80. The predicted octanol–water partition coefficient (Wildman–Crippen LogP) is 0.835. The van der Waals surface area contributed by atoms with Crippen LogP contribution in [0, 0.1) is 5.92 Å². The van der Waals surface area contributed by atoms with E-state index in [1.165, 1.54) is 25.1 Å². The molecule has 6 heteroatoms. The quantitative estimate of drug-likeness (QED) is 0.719. The summed E-state index contributed by atoms with van der Waals surface area (Å²) in [4.78, 5) is 33.2. The molecule has 0 fully saturated rings. The molecule has 0 aliphatic carbocycles. The maximum atomic E-state index is 11.7. The van der Waals surface area contributed by atoms with Crippen LogP contribution in [0.3, 0.4) is 0 Å². The highest BCUT2D eigenvalue weighted by Crippen LogP contribution is 2.08. The largest absolute Gasteiger partial charge is 0.481 e. The lowest BCUT2D eigenvalue weighted by Crippen LogP contribution is -2.32. The average molecular weight is 251 g/mol. The fraction of sp³-hybridized carbons (Fsp3) is 0.250. The van der Waals surface area contributed by atoms with Gasteiger partial charge >= 0.3 is 11.9 Å². The van der Waals surface area contributed by atoms with Crippen LogP contribution in [0.15, 0.2) is 24.3 Å². The molecule has 6 nitrogen and oxygen atoms in total. The first kappa shape index (κ1) is 13.7. The Kier molecular flexibility index (Phi) is 4.42. The van der Waals surface area contributed by atoms with E-state index in [-0.39, 0.29) is 17.7 Å². The van der Waals surface area contributed by atoms with Gasteiger partial charge in [-0.2, -0.15) is 0 Å². The summed E-state index contributed by atoms with van der Waals surface area (Å²) in [6, 6.07) is 5.75. The first-order chi connectivity index (χ1) is 8.43. The third-order valence-corrected chi connectivity index (χ3v) is 2.39. The first-order valence-corrected chi connectivity index (χ1v) is 5.26. The van der Waals surface area contributed by atoms with E-state index in [1.807, 2.05) is 0 Å². The molecule has 0 spiro atoms. The molecule has 1 aromatic carbocycles. The molecule has 0 bridgehead atoms. The molecule has 1 atom stereocenters. The summed E-state index contributed by atoms with van der Waals surface area (Å²) >= 11 is 0. The molecule has 0 saturated heterocycles. The lowest BCUT2D eigenvalue weighted by Gasteiger charge is -2.09. The summed E-state index contributed by atoms with van der Waals surface area (Å²) in [7, 11) is 0. The zero-order valence-corrected chi connectivity index (χ0v) is 9.71. The van der Waals surface area contributed by atoms with Gasteiger partial charge in [0, 0.05) is 6.54 Å². The van der Waals surface area contributed by atoms with Crippen LogP contribution in [-0.4, -0.2) is 34.6 Å². The molecule has 0 radical (unpaired) electrons. The molecule has 96 valence electrons. The molecule has 0 aliphatic rings. The van der Waals surface area contributed by atoms with Crippen molar-refractivity contribution in [2.24, 2.45) is 5.92 Å². The van der Waals surface area contributed by atoms with Crippen molar-refractivity contribution in [3.05, 3.63) is 35.4 Å². The Bertz CT molecular complexity index is 483. The third-order valence-electron chi connectivity index (χ3n) is 2.39. The van der Waals surface area contributed by atoms with Crippen LogP contribution in [-0.2, 0) is 4.79 Å². The van der Waals surface area contributed by atoms with Gasteiger partial charge in [0.25, 0.3) is 5.91 Å². The number of aromatic carboxylic acids is 1. The van der Waals surface area contributed by atoms with Crippen LogP contribution < -0.4 is 5.32 Å². The van der Waals surface area contributed by atoms with E-state index in [4.69, 9.17) is 10.2 Å². The van der Waals surface area contributed by atoms with Crippen molar-refractivity contribution in [3.8, 4) is 0 Å². The Hall–Kier alpha value is -2.37. The van der Waals surface area contributed by atoms with E-state index in [9.17, 15) is 14.4 Å². The number of hydrogen-bond donors (Lipinski definition) is 3. The van der Waals surface area contributed by atoms with Gasteiger partial charge < -0.3 is 15.5 Å². The Morgan fingerprint density at radius 2 is 1.72 bits per heavy atom. The van der Waals surface area contributed by atoms with E-state index in [0.717, 1.165) is 0 Å². The third kappa shape index (κ3) is 3.31. The molecule has 0 heterocycles. The number of carboxylic acid groups (broad SMARTS) is 2. The van der Waals surface area contributed by atoms with E-state index in [0.29, 0.717) is 0 Å². The van der Waals surface area contributed by atoms with Crippen molar-refractivity contribution < 1.29 is 24.6 Å². The number of carbonyl (C=O) groups is 3. The number of rotatable bonds is 5. The number of aliphatic carboxylic acids is 1. The Balaban J connectivity index is 2.79. The van der Waals surface area contributed by atoms with Crippen LogP contribution >= 0.6 is 0 Å². The Morgan fingerprint density at radius 3 is 2.22 bits per heavy atom. The van der Waals surface area contributed by atoms with Crippen LogP contribution in [0.1, 0.15) is 27.6 Å². The summed E-state index contributed by atoms with van der Waals surface area (Å²) in [5.41, 5.74) is -0.0967. The molecule has 0 saturated carbocycles. The molecular weight excluding hydrogens is 238 g/mol. The van der Waals surface area contributed by atoms with Gasteiger partial charge in [0.2, 0.25) is 0 Å². The fourth-order valence-electron chi connectivity index (χ4n) is 1.30. The molecule has 18 heavy (non-hydrogen) atoms. The van der Waals surface area contributed by atoms with Crippen LogP contribution in [0.5, 0.6) is 0 Å². The molecule has 1 amide bonds. The average Bonchev–Trinajstić information content (AvgIpc) is 2.35. The summed E-state index contributed by atoms with van der Waals surface area (Å²) in [5, 5.41) is 20.0. The highest BCUT2D eigenvalue weighted by molar-refractivity contribution is 6.04. The first-order valence-electron chi connectivity index (χ1n) is 5.26. The van der Waals surface area contributed by atoms with Gasteiger partial charge in [-0.25, -0.2) is 4.79 Å². The van der Waals surface area contributed by atoms with Crippen LogP contribution in [0.4, 0.5) is 0 Å². The van der Waals surface area contributed by atoms with Crippen molar-refractivity contribution >= 4 is 17.8 Å². The normalized spacial score (nSPS) is 11.6. The van der Waals surface area contributed by atoms with Crippen LogP contribution in [0.2, 0.25) is 0 Å². The lowest BCUT2D eigenvalue weighted by atomic mass is 10.1. The number of amides is 1. The molecule has 0 aromatic heterocycles. The lowest BCUT2D eigenvalue weighted by molar-refractivity contribution is -0.140. The van der Waals surface area contributed by atoms with Gasteiger partial charge in [0.15, 0.2) is 0 Å². The fourth-order valence-corrected chi connectivity index (χ4v) is 1.30. The summed E-state index contributed by atoms with van der Waals surface area (Å²) in [6.07, 6.45) is 0. The van der Waals surface area contributed by atoms with Crippen molar-refractivity contribution in [2.75, 3.05) is 6.54 Å². The molecule has 1 unspecified atom stereocenters. The minimum Gasteiger partial charge on any atom is -0.481 e. The van der Waals surface area contributed by atoms with Crippen molar-refractivity contribution in [2.45, 2.75) is 6.92 Å². The second kappa shape index (κ2) is 5.81. The number of hydrogen-bond acceptors (Lipinski definition) is 3.